The summed E-state index contributed by atoms with van der Waals surface area (Å²) >= 11 is 6.30. The molecule has 1 unspecified atom stereocenters. The number of nitrogens with zero attached hydrogens (tertiary/aromatic N) is 8. The quantitative estimate of drug-likeness (QED) is 0.160. The molecule has 0 aliphatic carbocycles. The second-order valence-electron chi connectivity index (χ2n) is 12.9. The molecule has 17 nitrogen and oxygen atoms in total. The summed E-state index contributed by atoms with van der Waals surface area (Å²) in [6.07, 6.45) is 2.59. The highest BCUT2D eigenvalue weighted by molar-refractivity contribution is 6.41. The number of halogens is 1. The van der Waals surface area contributed by atoms with E-state index < -0.39 is 29.7 Å². The normalized spacial score (nSPS) is 15.6. The van der Waals surface area contributed by atoms with E-state index >= 15 is 0 Å². The number of H-pyrrole nitrogens is 1. The number of anilines is 3. The number of carboxylic acid groups (broad SMARTS) is 1. The molecule has 5 aromatic rings. The van der Waals surface area contributed by atoms with Crippen LogP contribution in [0.1, 0.15) is 28.9 Å². The van der Waals surface area contributed by atoms with Crippen molar-refractivity contribution in [3.05, 3.63) is 89.3 Å². The Morgan fingerprint density at radius 2 is 1.69 bits per heavy atom. The fraction of sp³-hybridized carbons (Fsp3) is 0.250. The monoisotopic (exact) mass is 749 g/mol. The lowest BCUT2D eigenvalue weighted by molar-refractivity contribution is -0.149. The van der Waals surface area contributed by atoms with Gasteiger partial charge in [-0.15, -0.1) is 5.10 Å². The topological polar surface area (TPSA) is 223 Å². The number of hydrogen-bond donors (Lipinski definition) is 4. The number of nitrogens with one attached hydrogen (secondary N) is 3. The Hall–Kier alpha value is -6.80. The summed E-state index contributed by atoms with van der Waals surface area (Å²) in [6, 6.07) is 18.7. The van der Waals surface area contributed by atoms with Gasteiger partial charge in [0.25, 0.3) is 0 Å². The van der Waals surface area contributed by atoms with Crippen molar-refractivity contribution in [3.63, 3.8) is 0 Å². The molecule has 18 heteroatoms. The van der Waals surface area contributed by atoms with Gasteiger partial charge in [-0.3, -0.25) is 14.4 Å². The highest BCUT2D eigenvalue weighted by Gasteiger charge is 2.40. The molecule has 7 rings (SSSR count). The SMILES string of the molecule is N#CC1CCN(C(=O)Nc2ccc(CC(C(=O)Nc3ccc4[nH]c(C(=O)O)cc4c3)N3CCN(c4cc(Cl)ccc4-n4cnnn4)C(=O)C3=O)cc2)CC1. The number of likely N-dealkylation sites (tertiary alicyclic amines) is 1. The summed E-state index contributed by atoms with van der Waals surface area (Å²) in [7, 11) is 0. The Bertz CT molecular complexity index is 2300. The molecular weight excluding hydrogens is 718 g/mol. The first-order valence-corrected chi connectivity index (χ1v) is 17.3. The molecule has 4 heterocycles. The van der Waals surface area contributed by atoms with Gasteiger partial charge >= 0.3 is 23.8 Å². The van der Waals surface area contributed by atoms with Crippen molar-refractivity contribution in [3.8, 4) is 11.8 Å². The van der Waals surface area contributed by atoms with Crippen LogP contribution in [0.15, 0.2) is 73.1 Å². The molecule has 2 saturated heterocycles. The number of carbonyl (C=O) groups is 5. The molecule has 4 N–H and O–H groups in total. The van der Waals surface area contributed by atoms with E-state index in [1.54, 1.807) is 59.5 Å². The summed E-state index contributed by atoms with van der Waals surface area (Å²) in [5.41, 5.74) is 2.79. The largest absolute Gasteiger partial charge is 0.477 e. The number of aromatic nitrogens is 5. The number of piperazine rings is 1. The van der Waals surface area contributed by atoms with E-state index in [-0.39, 0.29) is 37.2 Å². The van der Waals surface area contributed by atoms with Gasteiger partial charge in [0.2, 0.25) is 5.91 Å². The van der Waals surface area contributed by atoms with Crippen LogP contribution in [0.3, 0.4) is 0 Å². The predicted octanol–water partition coefficient (Wildman–Crippen LogP) is 3.69. The summed E-state index contributed by atoms with van der Waals surface area (Å²) in [5, 5.41) is 36.4. The van der Waals surface area contributed by atoms with Crippen LogP contribution in [0.5, 0.6) is 0 Å². The lowest BCUT2D eigenvalue weighted by Crippen LogP contribution is -2.60. The Kier molecular flexibility index (Phi) is 9.92. The van der Waals surface area contributed by atoms with Gasteiger partial charge in [0, 0.05) is 65.8 Å². The summed E-state index contributed by atoms with van der Waals surface area (Å²) in [4.78, 5) is 73.2. The second kappa shape index (κ2) is 15.0. The minimum Gasteiger partial charge on any atom is -0.477 e. The number of fused-ring (bicyclic) bond motifs is 1. The zero-order valence-electron chi connectivity index (χ0n) is 28.5. The zero-order chi connectivity index (χ0) is 37.9. The number of urea groups is 1. The lowest BCUT2D eigenvalue weighted by Gasteiger charge is -2.38. The fourth-order valence-electron chi connectivity index (χ4n) is 6.61. The van der Waals surface area contributed by atoms with Crippen molar-refractivity contribution in [2.75, 3.05) is 41.7 Å². The number of amides is 5. The third kappa shape index (κ3) is 7.41. The number of hydrogen-bond acceptors (Lipinski definition) is 9. The minimum atomic E-state index is -1.15. The summed E-state index contributed by atoms with van der Waals surface area (Å²) in [6.45, 7) is 0.966. The predicted molar refractivity (Wildman–Crippen MR) is 195 cm³/mol. The van der Waals surface area contributed by atoms with Gasteiger partial charge in [-0.1, -0.05) is 23.7 Å². The summed E-state index contributed by atoms with van der Waals surface area (Å²) < 4.78 is 1.34. The Balaban J connectivity index is 1.12. The van der Waals surface area contributed by atoms with Crippen LogP contribution in [0.2, 0.25) is 5.02 Å². The fourth-order valence-corrected chi connectivity index (χ4v) is 6.78. The molecule has 0 radical (unpaired) electrons. The van der Waals surface area contributed by atoms with Crippen molar-refractivity contribution in [2.24, 2.45) is 5.92 Å². The van der Waals surface area contributed by atoms with Gasteiger partial charge in [0.05, 0.1) is 17.4 Å². The first-order chi connectivity index (χ1) is 26.1. The average Bonchev–Trinajstić information content (AvgIpc) is 3.87. The molecule has 0 saturated carbocycles. The molecule has 2 aliphatic heterocycles. The second-order valence-corrected chi connectivity index (χ2v) is 13.3. The van der Waals surface area contributed by atoms with Gasteiger partial charge in [-0.05, 0) is 83.4 Å². The van der Waals surface area contributed by atoms with E-state index in [4.69, 9.17) is 16.9 Å². The lowest BCUT2D eigenvalue weighted by atomic mass is 9.99. The van der Waals surface area contributed by atoms with E-state index in [1.165, 1.54) is 32.9 Å². The maximum absolute atomic E-state index is 14.1. The maximum atomic E-state index is 14.1. The number of nitriles is 1. The Morgan fingerprint density at radius 1 is 0.926 bits per heavy atom. The van der Waals surface area contributed by atoms with Gasteiger partial charge < -0.3 is 35.4 Å². The number of benzene rings is 3. The standard InChI is InChI=1S/C36H32ClN11O6/c37-24-3-8-29(48-20-39-43-44-48)30(18-24)46-13-14-47(34(51)33(46)50)31(32(49)40-26-6-7-27-23(16-26)17-28(42-27)35(52)53)15-21-1-4-25(5-2-21)41-36(54)45-11-9-22(19-38)10-12-45/h1-8,16-18,20,22,31,42H,9-15H2,(H,40,49)(H,41,54)(H,52,53). The van der Waals surface area contributed by atoms with Crippen LogP contribution in [0.25, 0.3) is 16.6 Å². The molecule has 0 bridgehead atoms. The van der Waals surface area contributed by atoms with Crippen molar-refractivity contribution < 1.29 is 29.1 Å². The highest BCUT2D eigenvalue weighted by Crippen LogP contribution is 2.30. The molecule has 0 spiro atoms. The molecule has 1 atom stereocenters. The zero-order valence-corrected chi connectivity index (χ0v) is 29.2. The van der Waals surface area contributed by atoms with Crippen molar-refractivity contribution in [1.29, 1.82) is 5.26 Å². The van der Waals surface area contributed by atoms with Crippen LogP contribution >= 0.6 is 11.6 Å². The van der Waals surface area contributed by atoms with Gasteiger partial charge in [0.1, 0.15) is 18.1 Å². The molecule has 3 aromatic carbocycles. The minimum absolute atomic E-state index is 0.0142. The molecule has 2 fully saturated rings. The molecule has 54 heavy (non-hydrogen) atoms. The number of carbonyl (C=O) groups excluding carboxylic acids is 4. The van der Waals surface area contributed by atoms with Crippen molar-refractivity contribution in [1.82, 2.24) is 35.0 Å². The van der Waals surface area contributed by atoms with E-state index in [9.17, 15) is 29.1 Å². The third-order valence-corrected chi connectivity index (χ3v) is 9.71. The number of rotatable bonds is 9. The first-order valence-electron chi connectivity index (χ1n) is 16.9. The van der Waals surface area contributed by atoms with Crippen LogP contribution in [0, 0.1) is 17.2 Å². The van der Waals surface area contributed by atoms with E-state index in [2.05, 4.69) is 37.2 Å². The Morgan fingerprint density at radius 3 is 2.39 bits per heavy atom. The number of carboxylic acids is 1. The van der Waals surface area contributed by atoms with Crippen LogP contribution in [-0.4, -0.2) is 102 Å². The van der Waals surface area contributed by atoms with Gasteiger partial charge in [-0.2, -0.15) is 9.94 Å². The molecule has 2 aliphatic rings. The molecular formula is C36H32ClN11O6. The average molecular weight is 750 g/mol. The Labute approximate surface area is 312 Å². The molecule has 5 amide bonds. The molecule has 2 aromatic heterocycles. The molecule has 274 valence electrons. The van der Waals surface area contributed by atoms with Crippen LogP contribution in [-0.2, 0) is 20.8 Å². The van der Waals surface area contributed by atoms with Crippen LogP contribution < -0.4 is 15.5 Å². The first kappa shape index (κ1) is 35.6. The van der Waals surface area contributed by atoms with Gasteiger partial charge in [-0.25, -0.2) is 9.59 Å². The van der Waals surface area contributed by atoms with Crippen LogP contribution in [0.4, 0.5) is 21.9 Å². The maximum Gasteiger partial charge on any atom is 0.352 e. The third-order valence-electron chi connectivity index (χ3n) is 9.47. The smallest absolute Gasteiger partial charge is 0.352 e. The van der Waals surface area contributed by atoms with Crippen molar-refractivity contribution in [2.45, 2.75) is 25.3 Å². The van der Waals surface area contributed by atoms with E-state index in [0.29, 0.717) is 70.2 Å². The number of tetrazole rings is 1. The van der Waals surface area contributed by atoms with Crippen molar-refractivity contribution >= 4 is 69.3 Å². The number of piperidine rings is 1. The van der Waals surface area contributed by atoms with E-state index in [1.807, 2.05) is 0 Å². The summed E-state index contributed by atoms with van der Waals surface area (Å²) in [5.74, 6) is -3.57. The number of aromatic amines is 1. The van der Waals surface area contributed by atoms with Gasteiger partial charge in [0.15, 0.2) is 0 Å². The highest BCUT2D eigenvalue weighted by atomic mass is 35.5. The number of aromatic carboxylic acids is 1. The van der Waals surface area contributed by atoms with E-state index in [0.717, 1.165) is 0 Å².